The average Bonchev–Trinajstić information content (AvgIpc) is 3.17. The van der Waals surface area contributed by atoms with Gasteiger partial charge in [-0.1, -0.05) is 17.4 Å². The fourth-order valence-electron chi connectivity index (χ4n) is 3.58. The van der Waals surface area contributed by atoms with Crippen LogP contribution < -0.4 is 9.64 Å². The normalized spacial score (nSPS) is 15.0. The van der Waals surface area contributed by atoms with E-state index in [0.717, 1.165) is 15.6 Å². The van der Waals surface area contributed by atoms with Gasteiger partial charge in [0.05, 0.1) is 15.7 Å². The number of para-hydroxylation sites is 1. The number of aromatic nitrogens is 1. The van der Waals surface area contributed by atoms with Crippen LogP contribution in [0.3, 0.4) is 0 Å². The Morgan fingerprint density at radius 1 is 1.06 bits per heavy atom. The largest absolute Gasteiger partial charge is 0.491 e. The maximum absolute atomic E-state index is 12.9. The molecule has 0 spiro atoms. The van der Waals surface area contributed by atoms with E-state index in [-0.39, 0.29) is 16.9 Å². The fraction of sp³-hybridized carbons (Fsp3) is 0.364. The van der Waals surface area contributed by atoms with Crippen molar-refractivity contribution in [2.45, 2.75) is 24.8 Å². The lowest BCUT2D eigenvalue weighted by atomic mass is 10.1. The van der Waals surface area contributed by atoms with Gasteiger partial charge in [-0.3, -0.25) is 4.79 Å². The van der Waals surface area contributed by atoms with Gasteiger partial charge >= 0.3 is 0 Å². The van der Waals surface area contributed by atoms with Crippen LogP contribution in [0.2, 0.25) is 0 Å². The van der Waals surface area contributed by atoms with E-state index < -0.39 is 9.84 Å². The predicted molar refractivity (Wildman–Crippen MR) is 123 cm³/mol. The summed E-state index contributed by atoms with van der Waals surface area (Å²) in [5.74, 6) is 0.750. The van der Waals surface area contributed by atoms with E-state index in [1.807, 2.05) is 36.9 Å². The highest BCUT2D eigenvalue weighted by Gasteiger charge is 2.25. The van der Waals surface area contributed by atoms with Gasteiger partial charge in [0, 0.05) is 38.0 Å². The number of piperazine rings is 1. The third kappa shape index (κ3) is 4.67. The van der Waals surface area contributed by atoms with Gasteiger partial charge in [-0.2, -0.15) is 0 Å². The zero-order valence-electron chi connectivity index (χ0n) is 17.7. The van der Waals surface area contributed by atoms with Crippen molar-refractivity contribution in [3.8, 4) is 5.75 Å². The molecule has 0 saturated carbocycles. The molecule has 164 valence electrons. The van der Waals surface area contributed by atoms with E-state index >= 15 is 0 Å². The molecule has 9 heteroatoms. The van der Waals surface area contributed by atoms with Crippen molar-refractivity contribution >= 4 is 42.4 Å². The van der Waals surface area contributed by atoms with E-state index in [0.29, 0.717) is 37.3 Å². The van der Waals surface area contributed by atoms with Crippen LogP contribution in [0.15, 0.2) is 47.4 Å². The quantitative estimate of drug-likeness (QED) is 0.581. The van der Waals surface area contributed by atoms with Gasteiger partial charge in [-0.25, -0.2) is 13.4 Å². The lowest BCUT2D eigenvalue weighted by Crippen LogP contribution is -2.48. The van der Waals surface area contributed by atoms with Gasteiger partial charge in [0.1, 0.15) is 11.3 Å². The minimum atomic E-state index is -3.34. The topological polar surface area (TPSA) is 79.8 Å². The van der Waals surface area contributed by atoms with Gasteiger partial charge in [-0.15, -0.1) is 0 Å². The average molecular weight is 460 g/mol. The number of hydrogen-bond donors (Lipinski definition) is 0. The third-order valence-corrected chi connectivity index (χ3v) is 7.29. The Morgan fingerprint density at radius 2 is 1.74 bits per heavy atom. The molecular weight excluding hydrogens is 434 g/mol. The smallest absolute Gasteiger partial charge is 0.253 e. The monoisotopic (exact) mass is 459 g/mol. The first kappa shape index (κ1) is 21.6. The van der Waals surface area contributed by atoms with Crippen molar-refractivity contribution in [3.63, 3.8) is 0 Å². The molecule has 1 amide bonds. The SMILES string of the molecule is CC(C)Oc1ccc(C(=O)N2CCN(c3nc4c(S(C)(=O)=O)cccc4s3)CC2)cc1. The molecule has 1 aliphatic rings. The minimum absolute atomic E-state index is 0.000547. The van der Waals surface area contributed by atoms with Gasteiger partial charge in [-0.05, 0) is 50.2 Å². The van der Waals surface area contributed by atoms with E-state index in [2.05, 4.69) is 9.88 Å². The maximum atomic E-state index is 12.9. The van der Waals surface area contributed by atoms with Crippen LogP contribution in [0.4, 0.5) is 5.13 Å². The Bertz CT molecular complexity index is 1200. The summed E-state index contributed by atoms with van der Waals surface area (Å²) in [6.07, 6.45) is 1.29. The summed E-state index contributed by atoms with van der Waals surface area (Å²) in [6.45, 7) is 6.39. The van der Waals surface area contributed by atoms with Crippen LogP contribution in [0, 0.1) is 0 Å². The standard InChI is InChI=1S/C22H25N3O4S2/c1-15(2)29-17-9-7-16(8-10-17)21(26)24-11-13-25(14-12-24)22-23-20-18(30-22)5-4-6-19(20)31(3,27)28/h4-10,15H,11-14H2,1-3H3. The molecule has 0 unspecified atom stereocenters. The second-order valence-electron chi connectivity index (χ2n) is 7.84. The second-order valence-corrected chi connectivity index (χ2v) is 10.8. The number of fused-ring (bicyclic) bond motifs is 1. The van der Waals surface area contributed by atoms with E-state index in [1.165, 1.54) is 17.6 Å². The van der Waals surface area contributed by atoms with Crippen LogP contribution >= 0.6 is 11.3 Å². The van der Waals surface area contributed by atoms with Crippen molar-refractivity contribution in [1.82, 2.24) is 9.88 Å². The van der Waals surface area contributed by atoms with E-state index in [9.17, 15) is 13.2 Å². The fourth-order valence-corrected chi connectivity index (χ4v) is 5.52. The van der Waals surface area contributed by atoms with Crippen molar-refractivity contribution < 1.29 is 17.9 Å². The highest BCUT2D eigenvalue weighted by molar-refractivity contribution is 7.91. The number of anilines is 1. The molecule has 2 heterocycles. The van der Waals surface area contributed by atoms with Gasteiger partial charge in [0.15, 0.2) is 15.0 Å². The molecule has 31 heavy (non-hydrogen) atoms. The van der Waals surface area contributed by atoms with Crippen molar-refractivity contribution in [3.05, 3.63) is 48.0 Å². The number of ether oxygens (including phenoxy) is 1. The Morgan fingerprint density at radius 3 is 2.35 bits per heavy atom. The number of carbonyl (C=O) groups excluding carboxylic acids is 1. The third-order valence-electron chi connectivity index (χ3n) is 5.08. The summed E-state index contributed by atoms with van der Waals surface area (Å²) >= 11 is 1.48. The molecule has 0 atom stereocenters. The van der Waals surface area contributed by atoms with Crippen LogP contribution in [-0.4, -0.2) is 62.7 Å². The number of rotatable bonds is 5. The maximum Gasteiger partial charge on any atom is 0.253 e. The predicted octanol–water partition coefficient (Wildman–Crippen LogP) is 3.45. The second kappa shape index (κ2) is 8.47. The van der Waals surface area contributed by atoms with E-state index in [4.69, 9.17) is 4.74 Å². The first-order valence-electron chi connectivity index (χ1n) is 10.1. The number of hydrogen-bond acceptors (Lipinski definition) is 7. The summed E-state index contributed by atoms with van der Waals surface area (Å²) in [6, 6.07) is 12.5. The number of thiazole rings is 1. The number of amides is 1. The molecule has 7 nitrogen and oxygen atoms in total. The first-order valence-corrected chi connectivity index (χ1v) is 12.8. The van der Waals surface area contributed by atoms with Gasteiger partial charge in [0.25, 0.3) is 5.91 Å². The molecule has 0 N–H and O–H groups in total. The molecule has 4 rings (SSSR count). The highest BCUT2D eigenvalue weighted by atomic mass is 32.2. The number of carbonyl (C=O) groups is 1. The zero-order chi connectivity index (χ0) is 22.2. The van der Waals surface area contributed by atoms with Crippen LogP contribution in [0.5, 0.6) is 5.75 Å². The molecule has 1 fully saturated rings. The molecule has 1 saturated heterocycles. The Balaban J connectivity index is 1.44. The van der Waals surface area contributed by atoms with Crippen molar-refractivity contribution in [2.75, 3.05) is 37.3 Å². The van der Waals surface area contributed by atoms with Crippen LogP contribution in [0.1, 0.15) is 24.2 Å². The molecule has 0 aliphatic carbocycles. The first-order chi connectivity index (χ1) is 14.7. The van der Waals surface area contributed by atoms with Crippen molar-refractivity contribution in [1.29, 1.82) is 0 Å². The minimum Gasteiger partial charge on any atom is -0.491 e. The molecule has 0 radical (unpaired) electrons. The summed E-state index contributed by atoms with van der Waals surface area (Å²) in [4.78, 5) is 21.7. The van der Waals surface area contributed by atoms with Crippen molar-refractivity contribution in [2.24, 2.45) is 0 Å². The van der Waals surface area contributed by atoms with Gasteiger partial charge in [0.2, 0.25) is 0 Å². The number of benzene rings is 2. The summed E-state index contributed by atoms with van der Waals surface area (Å²) in [5, 5.41) is 0.786. The highest BCUT2D eigenvalue weighted by Crippen LogP contribution is 2.33. The molecule has 1 aromatic heterocycles. The molecule has 1 aliphatic heterocycles. The lowest BCUT2D eigenvalue weighted by Gasteiger charge is -2.34. The number of nitrogens with zero attached hydrogens (tertiary/aromatic N) is 3. The van der Waals surface area contributed by atoms with E-state index in [1.54, 1.807) is 24.3 Å². The lowest BCUT2D eigenvalue weighted by molar-refractivity contribution is 0.0746. The molecule has 0 bridgehead atoms. The summed E-state index contributed by atoms with van der Waals surface area (Å²) in [7, 11) is -3.34. The summed E-state index contributed by atoms with van der Waals surface area (Å²) in [5.41, 5.74) is 1.16. The molecule has 2 aromatic carbocycles. The van der Waals surface area contributed by atoms with Gasteiger partial charge < -0.3 is 14.5 Å². The Kier molecular flexibility index (Phi) is 5.90. The molecule has 3 aromatic rings. The number of sulfone groups is 1. The van der Waals surface area contributed by atoms with Crippen LogP contribution in [-0.2, 0) is 9.84 Å². The molecular formula is C22H25N3O4S2. The zero-order valence-corrected chi connectivity index (χ0v) is 19.4. The Labute approximate surface area is 186 Å². The Hall–Kier alpha value is -2.65. The summed E-state index contributed by atoms with van der Waals surface area (Å²) < 4.78 is 30.6. The van der Waals surface area contributed by atoms with Crippen LogP contribution in [0.25, 0.3) is 10.2 Å².